The van der Waals surface area contributed by atoms with Crippen molar-refractivity contribution in [2.24, 2.45) is 0 Å². The summed E-state index contributed by atoms with van der Waals surface area (Å²) in [5, 5.41) is 0. The highest BCUT2D eigenvalue weighted by atomic mass is 19.1. The van der Waals surface area contributed by atoms with Crippen molar-refractivity contribution in [2.75, 3.05) is 55.7 Å². The summed E-state index contributed by atoms with van der Waals surface area (Å²) < 4.78 is 22.4. The molecule has 8 nitrogen and oxygen atoms in total. The molecule has 7 rings (SSSR count). The van der Waals surface area contributed by atoms with Gasteiger partial charge in [-0.3, -0.25) is 19.2 Å². The molecular formula is C31H35FN6O2. The van der Waals surface area contributed by atoms with Crippen molar-refractivity contribution in [1.82, 2.24) is 19.4 Å². The summed E-state index contributed by atoms with van der Waals surface area (Å²) in [6.45, 7) is 6.35. The lowest BCUT2D eigenvalue weighted by Gasteiger charge is -2.35. The van der Waals surface area contributed by atoms with Crippen LogP contribution in [-0.4, -0.2) is 71.4 Å². The molecule has 208 valence electrons. The Labute approximate surface area is 233 Å². The molecule has 3 aliphatic heterocycles. The largest absolute Gasteiger partial charge is 0.370 e. The van der Waals surface area contributed by atoms with Gasteiger partial charge in [0.05, 0.1) is 25.0 Å². The van der Waals surface area contributed by atoms with Crippen LogP contribution in [0, 0.1) is 5.82 Å². The normalized spacial score (nSPS) is 23.4. The van der Waals surface area contributed by atoms with Gasteiger partial charge in [0.25, 0.3) is 5.56 Å². The van der Waals surface area contributed by atoms with Gasteiger partial charge in [0.1, 0.15) is 6.10 Å². The van der Waals surface area contributed by atoms with Crippen molar-refractivity contribution in [1.29, 1.82) is 0 Å². The van der Waals surface area contributed by atoms with E-state index in [1.165, 1.54) is 56.7 Å². The molecule has 0 amide bonds. The van der Waals surface area contributed by atoms with Crippen LogP contribution in [0.5, 0.6) is 0 Å². The van der Waals surface area contributed by atoms with Crippen molar-refractivity contribution in [2.45, 2.75) is 44.2 Å². The van der Waals surface area contributed by atoms with Gasteiger partial charge in [-0.1, -0.05) is 24.6 Å². The van der Waals surface area contributed by atoms with Crippen LogP contribution >= 0.6 is 0 Å². The summed E-state index contributed by atoms with van der Waals surface area (Å²) in [5.74, 6) is 0.0390. The molecule has 4 aliphatic rings. The highest BCUT2D eigenvalue weighted by Crippen LogP contribution is 2.33. The van der Waals surface area contributed by atoms with Gasteiger partial charge in [-0.2, -0.15) is 0 Å². The Bertz CT molecular complexity index is 1470. The molecule has 3 fully saturated rings. The topological polar surface area (TPSA) is 66.7 Å². The van der Waals surface area contributed by atoms with Gasteiger partial charge in [0, 0.05) is 61.3 Å². The van der Waals surface area contributed by atoms with Crippen molar-refractivity contribution in [3.63, 3.8) is 0 Å². The molecule has 1 aromatic carbocycles. The quantitative estimate of drug-likeness (QED) is 0.459. The fourth-order valence-corrected chi connectivity index (χ4v) is 6.39. The number of benzene rings is 1. The predicted octanol–water partition coefficient (Wildman–Crippen LogP) is 4.33. The second-order valence-electron chi connectivity index (χ2n) is 11.3. The standard InChI is InChI=1S/C31H35FN6O2/c32-27-19-33-12-10-26(27)28-18-30(39)38(24-8-9-24)31(34-28)37-16-17-40-29(21-37)22-4-6-23(7-5-22)36-15-11-25(20-36)35-13-2-1-3-14-35/h4-8,10,12,18-19,25,29H,1-3,9,11,13-17,20-21H2/t25-,29+/m0/s1. The summed E-state index contributed by atoms with van der Waals surface area (Å²) in [6.07, 6.45) is 10.5. The fourth-order valence-electron chi connectivity index (χ4n) is 6.39. The Balaban J connectivity index is 1.10. The van der Waals surface area contributed by atoms with E-state index < -0.39 is 5.82 Å². The lowest BCUT2D eigenvalue weighted by molar-refractivity contribution is 0.0391. The van der Waals surface area contributed by atoms with E-state index in [9.17, 15) is 9.18 Å². The van der Waals surface area contributed by atoms with Crippen LogP contribution in [0.3, 0.4) is 0 Å². The Morgan fingerprint density at radius 3 is 2.55 bits per heavy atom. The number of halogens is 1. The van der Waals surface area contributed by atoms with Gasteiger partial charge in [-0.15, -0.1) is 0 Å². The maximum Gasteiger partial charge on any atom is 0.259 e. The molecule has 0 radical (unpaired) electrons. The molecule has 9 heteroatoms. The number of likely N-dealkylation sites (tertiary alicyclic amines) is 1. The average molecular weight is 543 g/mol. The number of nitrogens with zero attached hydrogens (tertiary/aromatic N) is 6. The first-order chi connectivity index (χ1) is 19.6. The van der Waals surface area contributed by atoms with E-state index in [2.05, 4.69) is 43.9 Å². The van der Waals surface area contributed by atoms with E-state index in [1.54, 1.807) is 10.6 Å². The van der Waals surface area contributed by atoms with Gasteiger partial charge in [-0.25, -0.2) is 9.37 Å². The third-order valence-corrected chi connectivity index (χ3v) is 8.67. The highest BCUT2D eigenvalue weighted by molar-refractivity contribution is 5.68. The number of anilines is 2. The molecule has 0 saturated carbocycles. The molecule has 2 atom stereocenters. The van der Waals surface area contributed by atoms with Gasteiger partial charge in [-0.05, 0) is 56.1 Å². The number of hydrogen-bond acceptors (Lipinski definition) is 7. The SMILES string of the molecule is O=c1cc(-c2ccncc2F)nc(N2CCO[C@@H](c3ccc(N4CC[C@H](N5CCCCC5)C4)cc3)C2)n1C1=CC1. The minimum atomic E-state index is -0.496. The van der Waals surface area contributed by atoms with E-state index in [4.69, 9.17) is 9.72 Å². The third-order valence-electron chi connectivity index (χ3n) is 8.67. The molecule has 40 heavy (non-hydrogen) atoms. The first-order valence-corrected chi connectivity index (χ1v) is 14.5. The molecule has 2 aromatic heterocycles. The number of pyridine rings is 1. The molecule has 0 N–H and O–H groups in total. The van der Waals surface area contributed by atoms with E-state index in [-0.39, 0.29) is 17.2 Å². The Morgan fingerprint density at radius 2 is 1.77 bits per heavy atom. The minimum Gasteiger partial charge on any atom is -0.370 e. The third kappa shape index (κ3) is 5.04. The molecular weight excluding hydrogens is 507 g/mol. The summed E-state index contributed by atoms with van der Waals surface area (Å²) in [6, 6.07) is 12.4. The smallest absolute Gasteiger partial charge is 0.259 e. The zero-order valence-corrected chi connectivity index (χ0v) is 22.7. The first-order valence-electron chi connectivity index (χ1n) is 14.5. The highest BCUT2D eigenvalue weighted by Gasteiger charge is 2.30. The van der Waals surface area contributed by atoms with Crippen LogP contribution in [0.4, 0.5) is 16.0 Å². The lowest BCUT2D eigenvalue weighted by atomic mass is 10.1. The maximum absolute atomic E-state index is 14.5. The van der Waals surface area contributed by atoms with E-state index in [0.29, 0.717) is 37.4 Å². The van der Waals surface area contributed by atoms with Crippen LogP contribution < -0.4 is 15.4 Å². The summed E-state index contributed by atoms with van der Waals surface area (Å²) >= 11 is 0. The van der Waals surface area contributed by atoms with Crippen molar-refractivity contribution < 1.29 is 9.13 Å². The number of piperidine rings is 1. The van der Waals surface area contributed by atoms with Gasteiger partial charge in [0.2, 0.25) is 5.95 Å². The number of allylic oxidation sites excluding steroid dienone is 2. The van der Waals surface area contributed by atoms with Crippen LogP contribution in [0.25, 0.3) is 17.0 Å². The van der Waals surface area contributed by atoms with E-state index >= 15 is 0 Å². The lowest BCUT2D eigenvalue weighted by Crippen LogP contribution is -2.41. The molecule has 0 unspecified atom stereocenters. The molecule has 3 aromatic rings. The number of rotatable bonds is 6. The van der Waals surface area contributed by atoms with Gasteiger partial charge in [0.15, 0.2) is 5.82 Å². The Morgan fingerprint density at radius 1 is 0.950 bits per heavy atom. The number of ether oxygens (including phenoxy) is 1. The van der Waals surface area contributed by atoms with Crippen molar-refractivity contribution in [3.8, 4) is 11.3 Å². The molecule has 1 aliphatic carbocycles. The Hall–Kier alpha value is -3.56. The fraction of sp³-hybridized carbons (Fsp3) is 0.452. The summed E-state index contributed by atoms with van der Waals surface area (Å²) in [7, 11) is 0. The first kappa shape index (κ1) is 25.4. The summed E-state index contributed by atoms with van der Waals surface area (Å²) in [5.41, 5.74) is 3.68. The minimum absolute atomic E-state index is 0.151. The molecule has 0 bridgehead atoms. The number of morpholine rings is 1. The number of hydrogen-bond donors (Lipinski definition) is 0. The average Bonchev–Trinajstić information content (AvgIpc) is 3.72. The van der Waals surface area contributed by atoms with Crippen LogP contribution in [0.2, 0.25) is 0 Å². The van der Waals surface area contributed by atoms with Crippen molar-refractivity contribution >= 4 is 17.3 Å². The van der Waals surface area contributed by atoms with Crippen LogP contribution in [0.15, 0.2) is 59.7 Å². The van der Waals surface area contributed by atoms with Crippen LogP contribution in [0.1, 0.15) is 43.8 Å². The maximum atomic E-state index is 14.5. The van der Waals surface area contributed by atoms with E-state index in [0.717, 1.165) is 37.0 Å². The van der Waals surface area contributed by atoms with E-state index in [1.807, 2.05) is 6.08 Å². The zero-order valence-electron chi connectivity index (χ0n) is 22.7. The van der Waals surface area contributed by atoms with Crippen molar-refractivity contribution in [3.05, 3.63) is 76.6 Å². The zero-order chi connectivity index (χ0) is 27.1. The van der Waals surface area contributed by atoms with Gasteiger partial charge < -0.3 is 14.5 Å². The molecule has 0 spiro atoms. The monoisotopic (exact) mass is 542 g/mol. The summed E-state index contributed by atoms with van der Waals surface area (Å²) in [4.78, 5) is 29.1. The molecule has 5 heterocycles. The van der Waals surface area contributed by atoms with Gasteiger partial charge >= 0.3 is 0 Å². The predicted molar refractivity (Wildman–Crippen MR) is 154 cm³/mol. The second kappa shape index (κ2) is 10.8. The Kier molecular flexibility index (Phi) is 6.85. The second-order valence-corrected chi connectivity index (χ2v) is 11.3. The molecule has 3 saturated heterocycles. The van der Waals surface area contributed by atoms with Crippen LogP contribution in [-0.2, 0) is 4.74 Å². The number of aromatic nitrogens is 3.